The summed E-state index contributed by atoms with van der Waals surface area (Å²) in [5.41, 5.74) is 2.41. The lowest BCUT2D eigenvalue weighted by atomic mass is 10.3. The van der Waals surface area contributed by atoms with Gasteiger partial charge in [-0.05, 0) is 18.2 Å². The summed E-state index contributed by atoms with van der Waals surface area (Å²) < 4.78 is 1.71. The first kappa shape index (κ1) is 14.5. The van der Waals surface area contributed by atoms with Gasteiger partial charge in [0.1, 0.15) is 10.7 Å². The fraction of sp³-hybridized carbons (Fsp3) is 0.0625. The smallest absolute Gasteiger partial charge is 0.228 e. The molecule has 24 heavy (non-hydrogen) atoms. The van der Waals surface area contributed by atoms with Crippen LogP contribution in [0.15, 0.2) is 54.3 Å². The normalized spacial score (nSPS) is 10.7. The number of pyridine rings is 1. The zero-order valence-electron chi connectivity index (χ0n) is 12.8. The van der Waals surface area contributed by atoms with Crippen LogP contribution in [0.4, 0.5) is 11.8 Å². The Bertz CT molecular complexity index is 961. The highest BCUT2D eigenvalue weighted by molar-refractivity contribution is 7.13. The van der Waals surface area contributed by atoms with Crippen LogP contribution >= 0.6 is 11.3 Å². The van der Waals surface area contributed by atoms with Crippen LogP contribution in [-0.2, 0) is 7.05 Å². The standard InChI is InChI=1S/C16H13N7S/c1-23-9-6-14(22-23)21-16-18-8-5-11(20-16)13-10-24-15(19-13)12-4-2-3-7-17-12/h2-10H,1H3,(H,18,20,21,22). The lowest BCUT2D eigenvalue weighted by Crippen LogP contribution is -1.99. The van der Waals surface area contributed by atoms with Crippen molar-refractivity contribution in [2.24, 2.45) is 7.05 Å². The van der Waals surface area contributed by atoms with E-state index < -0.39 is 0 Å². The molecule has 0 saturated heterocycles. The largest absolute Gasteiger partial charge is 0.307 e. The van der Waals surface area contributed by atoms with Crippen molar-refractivity contribution in [3.05, 3.63) is 54.3 Å². The number of hydrogen-bond acceptors (Lipinski definition) is 7. The van der Waals surface area contributed by atoms with Gasteiger partial charge in [-0.3, -0.25) is 9.67 Å². The Morgan fingerprint density at radius 3 is 2.71 bits per heavy atom. The highest BCUT2D eigenvalue weighted by Crippen LogP contribution is 2.27. The quantitative estimate of drug-likeness (QED) is 0.617. The third-order valence-corrected chi connectivity index (χ3v) is 4.12. The van der Waals surface area contributed by atoms with E-state index in [1.54, 1.807) is 28.4 Å². The van der Waals surface area contributed by atoms with Gasteiger partial charge in [0.15, 0.2) is 5.82 Å². The van der Waals surface area contributed by atoms with Crippen LogP contribution in [-0.4, -0.2) is 29.7 Å². The van der Waals surface area contributed by atoms with Crippen LogP contribution < -0.4 is 5.32 Å². The Kier molecular flexibility index (Phi) is 3.72. The molecule has 1 N–H and O–H groups in total. The third-order valence-electron chi connectivity index (χ3n) is 3.26. The number of aryl methyl sites for hydroxylation is 1. The predicted molar refractivity (Wildman–Crippen MR) is 92.9 cm³/mol. The van der Waals surface area contributed by atoms with E-state index in [9.17, 15) is 0 Å². The van der Waals surface area contributed by atoms with E-state index in [0.717, 1.165) is 22.1 Å². The zero-order valence-corrected chi connectivity index (χ0v) is 13.6. The molecule has 0 saturated carbocycles. The van der Waals surface area contributed by atoms with Gasteiger partial charge in [-0.25, -0.2) is 15.0 Å². The maximum Gasteiger partial charge on any atom is 0.228 e. The van der Waals surface area contributed by atoms with Crippen LogP contribution in [0.1, 0.15) is 0 Å². The Hall–Kier alpha value is -3.13. The molecule has 7 nitrogen and oxygen atoms in total. The zero-order chi connectivity index (χ0) is 16.4. The summed E-state index contributed by atoms with van der Waals surface area (Å²) >= 11 is 1.54. The molecule has 4 aromatic rings. The summed E-state index contributed by atoms with van der Waals surface area (Å²) in [6, 6.07) is 9.47. The molecule has 0 atom stereocenters. The maximum atomic E-state index is 4.62. The Labute approximate surface area is 142 Å². The average Bonchev–Trinajstić information content (AvgIpc) is 3.25. The van der Waals surface area contributed by atoms with Gasteiger partial charge in [0.25, 0.3) is 0 Å². The summed E-state index contributed by atoms with van der Waals surface area (Å²) in [5, 5.41) is 10.2. The van der Waals surface area contributed by atoms with Crippen LogP contribution in [0.25, 0.3) is 22.1 Å². The number of aromatic nitrogens is 6. The summed E-state index contributed by atoms with van der Waals surface area (Å²) in [6.45, 7) is 0. The number of rotatable bonds is 4. The summed E-state index contributed by atoms with van der Waals surface area (Å²) in [4.78, 5) is 17.7. The minimum Gasteiger partial charge on any atom is -0.307 e. The van der Waals surface area contributed by atoms with Gasteiger partial charge in [-0.1, -0.05) is 6.07 Å². The molecule has 0 spiro atoms. The first-order valence-corrected chi connectivity index (χ1v) is 8.13. The minimum atomic E-state index is 0.485. The lowest BCUT2D eigenvalue weighted by molar-refractivity contribution is 0.770. The van der Waals surface area contributed by atoms with E-state index in [4.69, 9.17) is 0 Å². The van der Waals surface area contributed by atoms with Crippen molar-refractivity contribution in [3.63, 3.8) is 0 Å². The molecular weight excluding hydrogens is 322 g/mol. The Morgan fingerprint density at radius 1 is 0.958 bits per heavy atom. The van der Waals surface area contributed by atoms with E-state index in [-0.39, 0.29) is 0 Å². The van der Waals surface area contributed by atoms with Crippen molar-refractivity contribution in [1.29, 1.82) is 0 Å². The van der Waals surface area contributed by atoms with E-state index in [1.165, 1.54) is 0 Å². The summed E-state index contributed by atoms with van der Waals surface area (Å²) in [5.74, 6) is 1.18. The maximum absolute atomic E-state index is 4.62. The molecule has 4 heterocycles. The molecule has 0 aliphatic heterocycles. The topological polar surface area (TPSA) is 81.4 Å². The molecule has 0 unspecified atom stereocenters. The molecule has 0 fully saturated rings. The predicted octanol–water partition coefficient (Wildman–Crippen LogP) is 3.14. The number of thiazole rings is 1. The minimum absolute atomic E-state index is 0.485. The second kappa shape index (κ2) is 6.17. The monoisotopic (exact) mass is 335 g/mol. The molecule has 4 rings (SSSR count). The van der Waals surface area contributed by atoms with Crippen LogP contribution in [0.3, 0.4) is 0 Å². The van der Waals surface area contributed by atoms with Gasteiger partial charge in [0.2, 0.25) is 5.95 Å². The van der Waals surface area contributed by atoms with Gasteiger partial charge < -0.3 is 5.32 Å². The number of hydrogen-bond donors (Lipinski definition) is 1. The molecule has 0 aliphatic rings. The van der Waals surface area contributed by atoms with Crippen molar-refractivity contribution < 1.29 is 0 Å². The first-order valence-electron chi connectivity index (χ1n) is 7.25. The van der Waals surface area contributed by atoms with Crippen LogP contribution in [0, 0.1) is 0 Å². The first-order chi connectivity index (χ1) is 11.8. The third kappa shape index (κ3) is 2.99. The van der Waals surface area contributed by atoms with Crippen molar-refractivity contribution in [2.75, 3.05) is 5.32 Å². The Morgan fingerprint density at radius 2 is 1.92 bits per heavy atom. The van der Waals surface area contributed by atoms with Gasteiger partial charge >= 0.3 is 0 Å². The molecule has 0 radical (unpaired) electrons. The fourth-order valence-corrected chi connectivity index (χ4v) is 2.95. The van der Waals surface area contributed by atoms with Crippen molar-refractivity contribution in [3.8, 4) is 22.1 Å². The van der Waals surface area contributed by atoms with E-state index >= 15 is 0 Å². The van der Waals surface area contributed by atoms with E-state index in [1.807, 2.05) is 49.0 Å². The van der Waals surface area contributed by atoms with Crippen molar-refractivity contribution in [1.82, 2.24) is 29.7 Å². The number of nitrogens with one attached hydrogen (secondary N) is 1. The van der Waals surface area contributed by atoms with Crippen molar-refractivity contribution in [2.45, 2.75) is 0 Å². The average molecular weight is 335 g/mol. The van der Waals surface area contributed by atoms with E-state index in [0.29, 0.717) is 11.8 Å². The van der Waals surface area contributed by atoms with Gasteiger partial charge in [0.05, 0.1) is 11.4 Å². The molecule has 0 aromatic carbocycles. The molecule has 8 heteroatoms. The highest BCUT2D eigenvalue weighted by atomic mass is 32.1. The number of nitrogens with zero attached hydrogens (tertiary/aromatic N) is 6. The van der Waals surface area contributed by atoms with Gasteiger partial charge in [-0.15, -0.1) is 11.3 Å². The molecule has 0 bridgehead atoms. The molecule has 4 aromatic heterocycles. The number of anilines is 2. The lowest BCUT2D eigenvalue weighted by Gasteiger charge is -2.02. The Balaban J connectivity index is 1.61. The summed E-state index contributed by atoms with van der Waals surface area (Å²) in [7, 11) is 1.86. The van der Waals surface area contributed by atoms with Crippen LogP contribution in [0.5, 0.6) is 0 Å². The molecule has 0 aliphatic carbocycles. The second-order valence-corrected chi connectivity index (χ2v) is 5.88. The van der Waals surface area contributed by atoms with Crippen LogP contribution in [0.2, 0.25) is 0 Å². The highest BCUT2D eigenvalue weighted by Gasteiger charge is 2.10. The second-order valence-electron chi connectivity index (χ2n) is 5.02. The van der Waals surface area contributed by atoms with Gasteiger partial charge in [0, 0.05) is 37.1 Å². The molecule has 118 valence electrons. The van der Waals surface area contributed by atoms with Gasteiger partial charge in [-0.2, -0.15) is 5.10 Å². The fourth-order valence-electron chi connectivity index (χ4n) is 2.16. The SMILES string of the molecule is Cn1ccc(Nc2nccc(-c3csc(-c4ccccn4)n3)n2)n1. The summed E-state index contributed by atoms with van der Waals surface area (Å²) in [6.07, 6.45) is 5.31. The van der Waals surface area contributed by atoms with Crippen molar-refractivity contribution >= 4 is 23.1 Å². The molecular formula is C16H13N7S. The molecule has 0 amide bonds. The van der Waals surface area contributed by atoms with E-state index in [2.05, 4.69) is 30.4 Å².